The minimum atomic E-state index is -3.91. The predicted octanol–water partition coefficient (Wildman–Crippen LogP) is 3.36. The Morgan fingerprint density at radius 1 is 1.11 bits per heavy atom. The third kappa shape index (κ3) is 5.42. The molecule has 8 heteroatoms. The van der Waals surface area contributed by atoms with Gasteiger partial charge in [0.25, 0.3) is 10.1 Å². The van der Waals surface area contributed by atoms with E-state index in [2.05, 4.69) is 20.8 Å². The van der Waals surface area contributed by atoms with E-state index < -0.39 is 36.7 Å². The van der Waals surface area contributed by atoms with Gasteiger partial charge in [-0.05, 0) is 43.3 Å². The number of hydrogen-bond acceptors (Lipinski definition) is 6. The molecule has 0 aliphatic carbocycles. The molecule has 3 atom stereocenters. The Balaban J connectivity index is 2.03. The Morgan fingerprint density at radius 2 is 1.70 bits per heavy atom. The number of ether oxygens (including phenoxy) is 1. The molecule has 0 spiro atoms. The molecule has 2 rings (SSSR count). The molecule has 0 saturated carbocycles. The molecule has 1 heterocycles. The SMILES string of the molecule is CC[Si](CC)(CC)O[C@@H]1C=CO[C@H](COS(=O)(=O)c2ccc(C)cc2)[C@H]1O. The van der Waals surface area contributed by atoms with Crippen molar-refractivity contribution in [3.63, 3.8) is 0 Å². The Kier molecular flexibility index (Phi) is 7.64. The highest BCUT2D eigenvalue weighted by Gasteiger charge is 2.39. The second kappa shape index (κ2) is 9.34. The molecular formula is C19H30O6SSi. The summed E-state index contributed by atoms with van der Waals surface area (Å²) in [6.45, 7) is 7.94. The van der Waals surface area contributed by atoms with Crippen LogP contribution >= 0.6 is 0 Å². The van der Waals surface area contributed by atoms with Crippen LogP contribution in [0.3, 0.4) is 0 Å². The van der Waals surface area contributed by atoms with E-state index in [1.54, 1.807) is 18.2 Å². The lowest BCUT2D eigenvalue weighted by atomic mass is 10.1. The first-order chi connectivity index (χ1) is 12.8. The Bertz CT molecular complexity index is 719. The molecule has 0 amide bonds. The molecule has 0 unspecified atom stereocenters. The minimum Gasteiger partial charge on any atom is -0.493 e. The number of hydrogen-bond donors (Lipinski definition) is 1. The number of aryl methyl sites for hydroxylation is 1. The van der Waals surface area contributed by atoms with Crippen LogP contribution in [-0.4, -0.2) is 46.8 Å². The van der Waals surface area contributed by atoms with Gasteiger partial charge in [-0.3, -0.25) is 4.18 Å². The topological polar surface area (TPSA) is 82.1 Å². The Labute approximate surface area is 163 Å². The van der Waals surface area contributed by atoms with E-state index >= 15 is 0 Å². The van der Waals surface area contributed by atoms with Crippen LogP contribution in [0, 0.1) is 6.92 Å². The molecule has 0 aromatic heterocycles. The molecule has 1 aromatic carbocycles. The average Bonchev–Trinajstić information content (AvgIpc) is 2.67. The van der Waals surface area contributed by atoms with Crippen molar-refractivity contribution in [2.75, 3.05) is 6.61 Å². The second-order valence-electron chi connectivity index (χ2n) is 6.87. The molecule has 1 aliphatic heterocycles. The van der Waals surface area contributed by atoms with E-state index in [-0.39, 0.29) is 11.5 Å². The van der Waals surface area contributed by atoms with Gasteiger partial charge in [-0.2, -0.15) is 8.42 Å². The van der Waals surface area contributed by atoms with E-state index in [0.29, 0.717) is 0 Å². The van der Waals surface area contributed by atoms with Gasteiger partial charge in [-0.1, -0.05) is 38.5 Å². The molecular weight excluding hydrogens is 384 g/mol. The predicted molar refractivity (Wildman–Crippen MR) is 106 cm³/mol. The summed E-state index contributed by atoms with van der Waals surface area (Å²) in [4.78, 5) is 0.0797. The summed E-state index contributed by atoms with van der Waals surface area (Å²) in [6.07, 6.45) is 0.848. The molecule has 152 valence electrons. The van der Waals surface area contributed by atoms with Crippen LogP contribution in [0.2, 0.25) is 18.1 Å². The first-order valence-electron chi connectivity index (χ1n) is 9.41. The zero-order valence-corrected chi connectivity index (χ0v) is 18.2. The monoisotopic (exact) mass is 414 g/mol. The van der Waals surface area contributed by atoms with Gasteiger partial charge in [0.1, 0.15) is 12.7 Å². The Morgan fingerprint density at radius 3 is 2.26 bits per heavy atom. The first-order valence-corrected chi connectivity index (χ1v) is 13.3. The fourth-order valence-corrected chi connectivity index (χ4v) is 6.81. The molecule has 1 N–H and O–H groups in total. The third-order valence-electron chi connectivity index (χ3n) is 5.26. The summed E-state index contributed by atoms with van der Waals surface area (Å²) in [5.74, 6) is 0. The van der Waals surface area contributed by atoms with Crippen molar-refractivity contribution in [3.8, 4) is 0 Å². The molecule has 1 aliphatic rings. The maximum atomic E-state index is 12.3. The van der Waals surface area contributed by atoms with E-state index in [4.69, 9.17) is 13.3 Å². The highest BCUT2D eigenvalue weighted by atomic mass is 32.2. The van der Waals surface area contributed by atoms with Crippen molar-refractivity contribution in [3.05, 3.63) is 42.2 Å². The van der Waals surface area contributed by atoms with Crippen LogP contribution in [0.15, 0.2) is 41.5 Å². The van der Waals surface area contributed by atoms with Crippen LogP contribution in [0.5, 0.6) is 0 Å². The second-order valence-corrected chi connectivity index (χ2v) is 13.2. The van der Waals surface area contributed by atoms with Crippen LogP contribution in [0.25, 0.3) is 0 Å². The van der Waals surface area contributed by atoms with Gasteiger partial charge < -0.3 is 14.3 Å². The highest BCUT2D eigenvalue weighted by Crippen LogP contribution is 2.27. The number of benzene rings is 1. The Hall–Kier alpha value is -1.19. The maximum Gasteiger partial charge on any atom is 0.297 e. The summed E-state index contributed by atoms with van der Waals surface area (Å²) < 4.78 is 41.5. The molecule has 1 aromatic rings. The maximum absolute atomic E-state index is 12.3. The van der Waals surface area contributed by atoms with Crippen LogP contribution in [0.1, 0.15) is 26.3 Å². The van der Waals surface area contributed by atoms with Crippen molar-refractivity contribution >= 4 is 18.4 Å². The van der Waals surface area contributed by atoms with Crippen molar-refractivity contribution < 1.29 is 26.9 Å². The number of rotatable bonds is 9. The van der Waals surface area contributed by atoms with E-state index in [1.807, 2.05) is 6.92 Å². The molecule has 0 fully saturated rings. The van der Waals surface area contributed by atoms with Crippen LogP contribution < -0.4 is 0 Å². The lowest BCUT2D eigenvalue weighted by Crippen LogP contribution is -2.50. The summed E-state index contributed by atoms with van der Waals surface area (Å²) in [7, 11) is -5.83. The fraction of sp³-hybridized carbons (Fsp3) is 0.579. The van der Waals surface area contributed by atoms with E-state index in [1.165, 1.54) is 18.4 Å². The quantitative estimate of drug-likeness (QED) is 0.493. The lowest BCUT2D eigenvalue weighted by Gasteiger charge is -2.37. The standard InChI is InChI=1S/C19H30O6SSi/c1-5-27(6-2,7-3)25-17-12-13-23-18(19(17)20)14-24-26(21,22)16-10-8-15(4)9-11-16/h8-13,17-20H,5-7,14H2,1-4H3/t17-,18-,19+/m1/s1. The van der Waals surface area contributed by atoms with E-state index in [9.17, 15) is 13.5 Å². The van der Waals surface area contributed by atoms with E-state index in [0.717, 1.165) is 23.7 Å². The van der Waals surface area contributed by atoms with Gasteiger partial charge in [0.2, 0.25) is 0 Å². The molecule has 0 saturated heterocycles. The largest absolute Gasteiger partial charge is 0.493 e. The molecule has 6 nitrogen and oxygen atoms in total. The molecule has 0 radical (unpaired) electrons. The highest BCUT2D eigenvalue weighted by molar-refractivity contribution is 7.86. The average molecular weight is 415 g/mol. The number of aliphatic hydroxyl groups excluding tert-OH is 1. The summed E-state index contributed by atoms with van der Waals surface area (Å²) in [5.41, 5.74) is 0.959. The fourth-order valence-electron chi connectivity index (χ4n) is 3.09. The molecule has 0 bridgehead atoms. The van der Waals surface area contributed by atoms with Crippen molar-refractivity contribution in [1.29, 1.82) is 0 Å². The van der Waals surface area contributed by atoms with Gasteiger partial charge in [-0.25, -0.2) is 0 Å². The summed E-state index contributed by atoms with van der Waals surface area (Å²) >= 11 is 0. The van der Waals surface area contributed by atoms with Crippen molar-refractivity contribution in [2.24, 2.45) is 0 Å². The van der Waals surface area contributed by atoms with Crippen molar-refractivity contribution in [1.82, 2.24) is 0 Å². The zero-order chi connectivity index (χ0) is 20.1. The van der Waals surface area contributed by atoms with Gasteiger partial charge in [-0.15, -0.1) is 0 Å². The summed E-state index contributed by atoms with van der Waals surface area (Å²) in [5, 5.41) is 10.6. The molecule has 27 heavy (non-hydrogen) atoms. The minimum absolute atomic E-state index is 0.0797. The normalized spacial score (nSPS) is 23.2. The third-order valence-corrected chi connectivity index (χ3v) is 11.2. The van der Waals surface area contributed by atoms with Crippen molar-refractivity contribution in [2.45, 2.75) is 69.0 Å². The van der Waals surface area contributed by atoms with Crippen LogP contribution in [0.4, 0.5) is 0 Å². The number of aliphatic hydroxyl groups is 1. The van der Waals surface area contributed by atoms with Gasteiger partial charge in [0.15, 0.2) is 14.4 Å². The summed E-state index contributed by atoms with van der Waals surface area (Å²) in [6, 6.07) is 9.29. The zero-order valence-electron chi connectivity index (χ0n) is 16.4. The van der Waals surface area contributed by atoms with Gasteiger partial charge >= 0.3 is 0 Å². The first kappa shape index (κ1) is 22.1. The van der Waals surface area contributed by atoms with Gasteiger partial charge in [0.05, 0.1) is 17.3 Å². The van der Waals surface area contributed by atoms with Gasteiger partial charge in [0, 0.05) is 0 Å². The van der Waals surface area contributed by atoms with Crippen LogP contribution in [-0.2, 0) is 23.5 Å². The lowest BCUT2D eigenvalue weighted by molar-refractivity contribution is -0.0720. The smallest absolute Gasteiger partial charge is 0.297 e.